The maximum atomic E-state index is 12.6. The number of anilines is 2. The summed E-state index contributed by atoms with van der Waals surface area (Å²) >= 11 is 0. The number of amides is 3. The summed E-state index contributed by atoms with van der Waals surface area (Å²) in [4.78, 5) is 28.4. The lowest BCUT2D eigenvalue weighted by molar-refractivity contribution is 0.102. The third kappa shape index (κ3) is 5.38. The third-order valence-corrected chi connectivity index (χ3v) is 4.62. The minimum absolute atomic E-state index is 0.225. The second kappa shape index (κ2) is 9.13. The maximum absolute atomic E-state index is 12.6. The van der Waals surface area contributed by atoms with Crippen LogP contribution in [0.1, 0.15) is 23.2 Å². The number of hydrogen-bond acceptors (Lipinski definition) is 4. The van der Waals surface area contributed by atoms with Gasteiger partial charge in [-0.25, -0.2) is 9.78 Å². The quantitative estimate of drug-likeness (QED) is 0.534. The molecule has 0 saturated heterocycles. The fraction of sp³-hybridized carbons (Fsp3) is 0.227. The fourth-order valence-corrected chi connectivity index (χ4v) is 2.86. The van der Waals surface area contributed by atoms with Crippen molar-refractivity contribution in [3.8, 4) is 5.75 Å². The summed E-state index contributed by atoms with van der Waals surface area (Å²) in [7, 11) is 0. The molecule has 3 N–H and O–H groups in total. The van der Waals surface area contributed by atoms with Crippen LogP contribution in [0, 0.1) is 0 Å². The standard InChI is InChI=1S/C22H23N5O3/c28-21(16-5-7-17(8-6-16)24-22(29)25-18-9-10-18)26-19-3-1-2-4-20(19)30-14-13-27-12-11-23-15-27/h1-8,11-12,15,18H,9-10,13-14H2,(H,26,28)(H2,24,25,29). The Balaban J connectivity index is 1.33. The largest absolute Gasteiger partial charge is 0.490 e. The van der Waals surface area contributed by atoms with E-state index in [1.165, 1.54) is 0 Å². The van der Waals surface area contributed by atoms with E-state index >= 15 is 0 Å². The fourth-order valence-electron chi connectivity index (χ4n) is 2.86. The first-order valence-corrected chi connectivity index (χ1v) is 9.84. The number of para-hydroxylation sites is 2. The average molecular weight is 405 g/mol. The van der Waals surface area contributed by atoms with E-state index in [1.807, 2.05) is 29.0 Å². The molecule has 1 aliphatic carbocycles. The van der Waals surface area contributed by atoms with Gasteiger partial charge in [0.2, 0.25) is 0 Å². The molecule has 3 aromatic rings. The Morgan fingerprint density at radius 3 is 2.60 bits per heavy atom. The molecule has 0 unspecified atom stereocenters. The van der Waals surface area contributed by atoms with Gasteiger partial charge in [-0.05, 0) is 49.2 Å². The molecule has 154 valence electrons. The van der Waals surface area contributed by atoms with Gasteiger partial charge in [0.15, 0.2) is 0 Å². The van der Waals surface area contributed by atoms with E-state index in [0.29, 0.717) is 35.8 Å². The van der Waals surface area contributed by atoms with Crippen LogP contribution in [0.3, 0.4) is 0 Å². The van der Waals surface area contributed by atoms with Gasteiger partial charge in [-0.3, -0.25) is 4.79 Å². The van der Waals surface area contributed by atoms with E-state index in [0.717, 1.165) is 12.8 Å². The number of hydrogen-bond donors (Lipinski definition) is 3. The molecular weight excluding hydrogens is 382 g/mol. The number of carbonyl (C=O) groups is 2. The first kappa shape index (κ1) is 19.5. The van der Waals surface area contributed by atoms with Gasteiger partial charge in [0.25, 0.3) is 5.91 Å². The predicted molar refractivity (Wildman–Crippen MR) is 114 cm³/mol. The van der Waals surface area contributed by atoms with Crippen LogP contribution in [0.5, 0.6) is 5.75 Å². The molecule has 2 aromatic carbocycles. The molecule has 0 bridgehead atoms. The van der Waals surface area contributed by atoms with Gasteiger partial charge in [0.1, 0.15) is 12.4 Å². The lowest BCUT2D eigenvalue weighted by atomic mass is 10.2. The summed E-state index contributed by atoms with van der Waals surface area (Å²) in [6.45, 7) is 1.11. The van der Waals surface area contributed by atoms with Crippen molar-refractivity contribution in [1.29, 1.82) is 0 Å². The Morgan fingerprint density at radius 2 is 1.87 bits per heavy atom. The van der Waals surface area contributed by atoms with Gasteiger partial charge in [0.05, 0.1) is 18.6 Å². The highest BCUT2D eigenvalue weighted by Gasteiger charge is 2.23. The second-order valence-corrected chi connectivity index (χ2v) is 7.05. The van der Waals surface area contributed by atoms with Gasteiger partial charge in [-0.1, -0.05) is 12.1 Å². The Labute approximate surface area is 174 Å². The topological polar surface area (TPSA) is 97.3 Å². The van der Waals surface area contributed by atoms with Gasteiger partial charge in [-0.15, -0.1) is 0 Å². The third-order valence-electron chi connectivity index (χ3n) is 4.62. The van der Waals surface area contributed by atoms with Gasteiger partial charge in [0, 0.05) is 29.7 Å². The highest BCUT2D eigenvalue weighted by atomic mass is 16.5. The van der Waals surface area contributed by atoms with Crippen LogP contribution >= 0.6 is 0 Å². The van der Waals surface area contributed by atoms with Crippen molar-refractivity contribution in [3.63, 3.8) is 0 Å². The number of carbonyl (C=O) groups excluding carboxylic acids is 2. The number of nitrogens with zero attached hydrogens (tertiary/aromatic N) is 2. The van der Waals surface area contributed by atoms with E-state index < -0.39 is 0 Å². The Morgan fingerprint density at radius 1 is 1.07 bits per heavy atom. The number of nitrogens with one attached hydrogen (secondary N) is 3. The Hall–Kier alpha value is -3.81. The molecule has 1 heterocycles. The summed E-state index contributed by atoms with van der Waals surface area (Å²) in [6, 6.07) is 14.1. The number of ether oxygens (including phenoxy) is 1. The SMILES string of the molecule is O=C(Nc1ccc(C(=O)Nc2ccccc2OCCn2ccnc2)cc1)NC1CC1. The van der Waals surface area contributed by atoms with Crippen molar-refractivity contribution in [2.24, 2.45) is 0 Å². The summed E-state index contributed by atoms with van der Waals surface area (Å²) in [5, 5.41) is 8.50. The molecule has 0 atom stereocenters. The van der Waals surface area contributed by atoms with Crippen molar-refractivity contribution >= 4 is 23.3 Å². The predicted octanol–water partition coefficient (Wildman–Crippen LogP) is 3.50. The highest BCUT2D eigenvalue weighted by Crippen LogP contribution is 2.25. The number of rotatable bonds is 8. The summed E-state index contributed by atoms with van der Waals surface area (Å²) in [5.41, 5.74) is 1.71. The van der Waals surface area contributed by atoms with Crippen LogP contribution in [0.4, 0.5) is 16.2 Å². The highest BCUT2D eigenvalue weighted by molar-refractivity contribution is 6.05. The maximum Gasteiger partial charge on any atom is 0.319 e. The zero-order valence-electron chi connectivity index (χ0n) is 16.4. The van der Waals surface area contributed by atoms with E-state index in [1.54, 1.807) is 42.9 Å². The van der Waals surface area contributed by atoms with Gasteiger partial charge < -0.3 is 25.3 Å². The van der Waals surface area contributed by atoms with Crippen molar-refractivity contribution in [3.05, 3.63) is 72.8 Å². The molecule has 8 heteroatoms. The molecule has 30 heavy (non-hydrogen) atoms. The average Bonchev–Trinajstić information content (AvgIpc) is 3.40. The smallest absolute Gasteiger partial charge is 0.319 e. The lowest BCUT2D eigenvalue weighted by Crippen LogP contribution is -2.30. The number of urea groups is 1. The van der Waals surface area contributed by atoms with Crippen LogP contribution in [-0.4, -0.2) is 34.1 Å². The number of imidazole rings is 1. The Bertz CT molecular complexity index is 998. The summed E-state index contributed by atoms with van der Waals surface area (Å²) in [6.07, 6.45) is 7.37. The van der Waals surface area contributed by atoms with E-state index in [2.05, 4.69) is 20.9 Å². The summed E-state index contributed by atoms with van der Waals surface area (Å²) < 4.78 is 7.75. The van der Waals surface area contributed by atoms with Gasteiger partial charge in [-0.2, -0.15) is 0 Å². The van der Waals surface area contributed by atoms with E-state index in [9.17, 15) is 9.59 Å². The van der Waals surface area contributed by atoms with Crippen LogP contribution < -0.4 is 20.7 Å². The monoisotopic (exact) mass is 405 g/mol. The second-order valence-electron chi connectivity index (χ2n) is 7.05. The minimum atomic E-state index is -0.255. The Kier molecular flexibility index (Phi) is 5.93. The van der Waals surface area contributed by atoms with E-state index in [4.69, 9.17) is 4.74 Å². The molecule has 3 amide bonds. The van der Waals surface area contributed by atoms with Crippen molar-refractivity contribution in [2.75, 3.05) is 17.2 Å². The van der Waals surface area contributed by atoms with Crippen molar-refractivity contribution in [1.82, 2.24) is 14.9 Å². The zero-order valence-corrected chi connectivity index (χ0v) is 16.4. The molecule has 1 aromatic heterocycles. The van der Waals surface area contributed by atoms with Crippen LogP contribution in [-0.2, 0) is 6.54 Å². The molecule has 0 radical (unpaired) electrons. The molecule has 8 nitrogen and oxygen atoms in total. The van der Waals surface area contributed by atoms with Crippen LogP contribution in [0.15, 0.2) is 67.3 Å². The number of aromatic nitrogens is 2. The van der Waals surface area contributed by atoms with Crippen molar-refractivity contribution in [2.45, 2.75) is 25.4 Å². The summed E-state index contributed by atoms with van der Waals surface area (Å²) in [5.74, 6) is 0.343. The normalized spacial score (nSPS) is 12.8. The first-order chi connectivity index (χ1) is 14.7. The molecule has 1 aliphatic rings. The molecule has 0 aliphatic heterocycles. The van der Waals surface area contributed by atoms with Crippen molar-refractivity contribution < 1.29 is 14.3 Å². The van der Waals surface area contributed by atoms with Gasteiger partial charge >= 0.3 is 6.03 Å². The van der Waals surface area contributed by atoms with E-state index in [-0.39, 0.29) is 18.0 Å². The number of benzene rings is 2. The molecular formula is C22H23N5O3. The van der Waals surface area contributed by atoms with Crippen LogP contribution in [0.25, 0.3) is 0 Å². The molecule has 1 saturated carbocycles. The molecule has 4 rings (SSSR count). The first-order valence-electron chi connectivity index (χ1n) is 9.84. The molecule has 1 fully saturated rings. The zero-order chi connectivity index (χ0) is 20.8. The van der Waals surface area contributed by atoms with Crippen LogP contribution in [0.2, 0.25) is 0 Å². The minimum Gasteiger partial charge on any atom is -0.490 e. The lowest BCUT2D eigenvalue weighted by Gasteiger charge is -2.13. The molecule has 0 spiro atoms.